The Kier molecular flexibility index (Phi) is 5.06. The van der Waals surface area contributed by atoms with Gasteiger partial charge in [0.1, 0.15) is 0 Å². The van der Waals surface area contributed by atoms with Gasteiger partial charge in [0.05, 0.1) is 0 Å². The summed E-state index contributed by atoms with van der Waals surface area (Å²) in [6, 6.07) is 26.5. The summed E-state index contributed by atoms with van der Waals surface area (Å²) in [6.45, 7) is 4.14. The van der Waals surface area contributed by atoms with Gasteiger partial charge in [-0.25, -0.2) is 9.98 Å². The van der Waals surface area contributed by atoms with E-state index in [1.165, 1.54) is 11.1 Å². The second kappa shape index (κ2) is 7.96. The molecule has 0 unspecified atom stereocenters. The summed E-state index contributed by atoms with van der Waals surface area (Å²) in [5.74, 6) is 1.31. The van der Waals surface area contributed by atoms with Crippen molar-refractivity contribution in [1.29, 1.82) is 0 Å². The molecule has 0 fully saturated rings. The number of anilines is 2. The number of rotatable bonds is 3. The summed E-state index contributed by atoms with van der Waals surface area (Å²) >= 11 is 0. The summed E-state index contributed by atoms with van der Waals surface area (Å²) < 4.78 is 0. The average molecular weight is 369 g/mol. The van der Waals surface area contributed by atoms with E-state index in [0.717, 1.165) is 16.9 Å². The van der Waals surface area contributed by atoms with Crippen LogP contribution in [0.3, 0.4) is 0 Å². The molecule has 0 saturated carbocycles. The highest BCUT2D eigenvalue weighted by atomic mass is 15.3. The fourth-order valence-electron chi connectivity index (χ4n) is 2.90. The molecular weight excluding hydrogens is 346 g/mol. The maximum absolute atomic E-state index is 4.74. The van der Waals surface area contributed by atoms with Crippen LogP contribution >= 0.6 is 0 Å². The highest BCUT2D eigenvalue weighted by molar-refractivity contribution is 6.10. The van der Waals surface area contributed by atoms with Crippen molar-refractivity contribution in [3.05, 3.63) is 95.6 Å². The minimum Gasteiger partial charge on any atom is -0.326 e. The number of hydrogen-bond acceptors (Lipinski definition) is 5. The summed E-state index contributed by atoms with van der Waals surface area (Å²) in [6.07, 6.45) is -0.316. The first kappa shape index (κ1) is 17.8. The van der Waals surface area contributed by atoms with Crippen LogP contribution in [0.25, 0.3) is 0 Å². The van der Waals surface area contributed by atoms with E-state index in [0.29, 0.717) is 11.9 Å². The molecule has 3 aromatic rings. The molecule has 1 aliphatic heterocycles. The van der Waals surface area contributed by atoms with E-state index in [2.05, 4.69) is 54.1 Å². The van der Waals surface area contributed by atoms with E-state index in [1.54, 1.807) is 0 Å². The van der Waals surface area contributed by atoms with E-state index >= 15 is 0 Å². The molecule has 140 valence electrons. The molecule has 0 radical (unpaired) electrons. The Morgan fingerprint density at radius 2 is 1.11 bits per heavy atom. The Hall–Kier alpha value is -3.60. The van der Waals surface area contributed by atoms with E-state index < -0.39 is 0 Å². The van der Waals surface area contributed by atoms with Gasteiger partial charge in [-0.1, -0.05) is 65.7 Å². The average Bonchev–Trinajstić information content (AvgIpc) is 2.72. The van der Waals surface area contributed by atoms with Gasteiger partial charge in [-0.15, -0.1) is 0 Å². The molecule has 0 aromatic heterocycles. The van der Waals surface area contributed by atoms with E-state index in [4.69, 9.17) is 9.98 Å². The van der Waals surface area contributed by atoms with E-state index in [1.807, 2.05) is 54.6 Å². The van der Waals surface area contributed by atoms with Gasteiger partial charge in [-0.2, -0.15) is 0 Å². The van der Waals surface area contributed by atoms with Crippen LogP contribution in [0.5, 0.6) is 0 Å². The molecule has 3 aromatic carbocycles. The minimum atomic E-state index is -0.316. The molecule has 4 rings (SSSR count). The lowest BCUT2D eigenvalue weighted by atomic mass is 10.2. The van der Waals surface area contributed by atoms with Gasteiger partial charge >= 0.3 is 0 Å². The van der Waals surface area contributed by atoms with Crippen LogP contribution in [0.1, 0.15) is 22.9 Å². The zero-order valence-corrected chi connectivity index (χ0v) is 16.0. The SMILES string of the molecule is Cc1ccc(NC2=NC(c3ccccc3)N=C(Nc3ccc(C)cc3)N2)cc1. The van der Waals surface area contributed by atoms with E-state index in [9.17, 15) is 0 Å². The van der Waals surface area contributed by atoms with Crippen molar-refractivity contribution in [2.75, 3.05) is 10.6 Å². The summed E-state index contributed by atoms with van der Waals surface area (Å²) in [5, 5.41) is 9.96. The zero-order chi connectivity index (χ0) is 19.3. The third-order valence-corrected chi connectivity index (χ3v) is 4.47. The predicted molar refractivity (Wildman–Crippen MR) is 117 cm³/mol. The topological polar surface area (TPSA) is 60.8 Å². The Balaban J connectivity index is 1.60. The van der Waals surface area contributed by atoms with Gasteiger partial charge in [0, 0.05) is 11.4 Å². The van der Waals surface area contributed by atoms with Crippen molar-refractivity contribution in [3.63, 3.8) is 0 Å². The Morgan fingerprint density at radius 3 is 1.57 bits per heavy atom. The van der Waals surface area contributed by atoms with Crippen molar-refractivity contribution in [2.24, 2.45) is 9.98 Å². The smallest absolute Gasteiger partial charge is 0.205 e. The quantitative estimate of drug-likeness (QED) is 0.619. The van der Waals surface area contributed by atoms with Crippen molar-refractivity contribution in [1.82, 2.24) is 5.32 Å². The van der Waals surface area contributed by atoms with Crippen LogP contribution in [-0.4, -0.2) is 11.9 Å². The summed E-state index contributed by atoms with van der Waals surface area (Å²) in [4.78, 5) is 9.49. The molecular formula is C23H23N5. The standard InChI is InChI=1S/C23H23N5/c1-16-8-12-19(13-9-16)24-22-26-21(18-6-4-3-5-7-18)27-23(28-22)25-20-14-10-17(2)11-15-20/h3-15,21H,1-2H3,(H3,24,25,26,27,28). The molecule has 5 heteroatoms. The monoisotopic (exact) mass is 369 g/mol. The molecule has 0 aliphatic carbocycles. The minimum absolute atomic E-state index is 0.316. The molecule has 0 amide bonds. The predicted octanol–water partition coefficient (Wildman–Crippen LogP) is 4.84. The second-order valence-electron chi connectivity index (χ2n) is 6.85. The van der Waals surface area contributed by atoms with Crippen molar-refractivity contribution in [2.45, 2.75) is 20.0 Å². The maximum atomic E-state index is 4.74. The molecule has 3 N–H and O–H groups in total. The first-order valence-corrected chi connectivity index (χ1v) is 9.31. The lowest BCUT2D eigenvalue weighted by Gasteiger charge is -2.23. The van der Waals surface area contributed by atoms with Crippen molar-refractivity contribution in [3.8, 4) is 0 Å². The van der Waals surface area contributed by atoms with Crippen LogP contribution in [0, 0.1) is 13.8 Å². The number of aliphatic imine (C=N–C) groups is 2. The number of hydrogen-bond donors (Lipinski definition) is 3. The number of aryl methyl sites for hydroxylation is 2. The van der Waals surface area contributed by atoms with Gasteiger partial charge in [-0.3, -0.25) is 5.32 Å². The zero-order valence-electron chi connectivity index (χ0n) is 16.0. The van der Waals surface area contributed by atoms with Crippen LogP contribution in [0.2, 0.25) is 0 Å². The van der Waals surface area contributed by atoms with Gasteiger partial charge in [-0.05, 0) is 43.7 Å². The largest absolute Gasteiger partial charge is 0.326 e. The molecule has 0 atom stereocenters. The maximum Gasteiger partial charge on any atom is 0.205 e. The summed E-state index contributed by atoms with van der Waals surface area (Å²) in [5.41, 5.74) is 5.42. The Labute approximate surface area is 165 Å². The number of guanidine groups is 2. The van der Waals surface area contributed by atoms with Crippen LogP contribution < -0.4 is 16.0 Å². The van der Waals surface area contributed by atoms with Crippen molar-refractivity contribution >= 4 is 23.3 Å². The van der Waals surface area contributed by atoms with Crippen molar-refractivity contribution < 1.29 is 0 Å². The highest BCUT2D eigenvalue weighted by Crippen LogP contribution is 2.22. The number of benzene rings is 3. The molecule has 5 nitrogen and oxygen atoms in total. The number of nitrogens with zero attached hydrogens (tertiary/aromatic N) is 2. The normalized spacial score (nSPS) is 13.9. The van der Waals surface area contributed by atoms with Gasteiger partial charge < -0.3 is 10.6 Å². The van der Waals surface area contributed by atoms with Crippen LogP contribution in [0.4, 0.5) is 11.4 Å². The van der Waals surface area contributed by atoms with Gasteiger partial charge in [0.15, 0.2) is 6.17 Å². The molecule has 0 bridgehead atoms. The molecule has 1 heterocycles. The highest BCUT2D eigenvalue weighted by Gasteiger charge is 2.18. The lowest BCUT2D eigenvalue weighted by Crippen LogP contribution is -2.43. The first-order chi connectivity index (χ1) is 13.7. The molecule has 1 aliphatic rings. The molecule has 0 spiro atoms. The fourth-order valence-corrected chi connectivity index (χ4v) is 2.90. The van der Waals surface area contributed by atoms with Crippen LogP contribution in [0.15, 0.2) is 88.8 Å². The third-order valence-electron chi connectivity index (χ3n) is 4.47. The molecule has 28 heavy (non-hydrogen) atoms. The van der Waals surface area contributed by atoms with Crippen LogP contribution in [-0.2, 0) is 0 Å². The lowest BCUT2D eigenvalue weighted by molar-refractivity contribution is 0.753. The number of nitrogens with one attached hydrogen (secondary N) is 3. The summed E-state index contributed by atoms with van der Waals surface area (Å²) in [7, 11) is 0. The third kappa shape index (κ3) is 4.38. The van der Waals surface area contributed by atoms with Gasteiger partial charge in [0.2, 0.25) is 11.9 Å². The first-order valence-electron chi connectivity index (χ1n) is 9.31. The Bertz CT molecular complexity index is 926. The molecule has 0 saturated heterocycles. The van der Waals surface area contributed by atoms with Gasteiger partial charge in [0.25, 0.3) is 0 Å². The Morgan fingerprint density at radius 1 is 0.643 bits per heavy atom. The van der Waals surface area contributed by atoms with E-state index in [-0.39, 0.29) is 6.17 Å². The fraction of sp³-hybridized carbons (Fsp3) is 0.130. The second-order valence-corrected chi connectivity index (χ2v) is 6.85.